The molecule has 3 aromatic rings. The van der Waals surface area contributed by atoms with Gasteiger partial charge in [0.15, 0.2) is 0 Å². The van der Waals surface area contributed by atoms with E-state index < -0.39 is 10.0 Å². The van der Waals surface area contributed by atoms with Crippen LogP contribution < -0.4 is 5.32 Å². The number of nitrogens with zero attached hydrogens (tertiary/aromatic N) is 3. The summed E-state index contributed by atoms with van der Waals surface area (Å²) in [7, 11) is -0.574. The molecule has 4 rings (SSSR count). The van der Waals surface area contributed by atoms with Gasteiger partial charge < -0.3 is 9.88 Å². The number of aromatic nitrogens is 2. The molecule has 1 amide bonds. The van der Waals surface area contributed by atoms with Crippen LogP contribution in [0.15, 0.2) is 59.6 Å². The van der Waals surface area contributed by atoms with Crippen molar-refractivity contribution < 1.29 is 13.2 Å². The lowest BCUT2D eigenvalue weighted by molar-refractivity contribution is 0.102. The second kappa shape index (κ2) is 7.46. The van der Waals surface area contributed by atoms with Crippen molar-refractivity contribution in [2.75, 3.05) is 19.4 Å². The second-order valence-corrected chi connectivity index (χ2v) is 9.31. The highest BCUT2D eigenvalue weighted by Crippen LogP contribution is 2.26. The molecule has 8 heteroatoms. The molecule has 1 aromatic heterocycles. The molecule has 7 nitrogen and oxygen atoms in total. The molecular formula is C21H22N4O3S. The third kappa shape index (κ3) is 3.68. The second-order valence-electron chi connectivity index (χ2n) is 7.16. The SMILES string of the molecule is CN(C)S(=O)(=O)c1ccc(C(=O)Nc2ccc(-c3cnc4n3CCC4)cc2)cc1. The van der Waals surface area contributed by atoms with Gasteiger partial charge in [0, 0.05) is 38.3 Å². The number of rotatable bonds is 5. The lowest BCUT2D eigenvalue weighted by Crippen LogP contribution is -2.22. The molecule has 1 aliphatic rings. The van der Waals surface area contributed by atoms with Gasteiger partial charge in [0.1, 0.15) is 5.82 Å². The first-order valence-electron chi connectivity index (χ1n) is 9.35. The highest BCUT2D eigenvalue weighted by molar-refractivity contribution is 7.89. The number of aryl methyl sites for hydroxylation is 1. The Labute approximate surface area is 170 Å². The Hall–Kier alpha value is -2.97. The van der Waals surface area contributed by atoms with Crippen molar-refractivity contribution in [1.29, 1.82) is 0 Å². The zero-order valence-corrected chi connectivity index (χ0v) is 17.1. The average Bonchev–Trinajstić information content (AvgIpc) is 3.32. The lowest BCUT2D eigenvalue weighted by Gasteiger charge is -2.12. The number of carbonyl (C=O) groups excluding carboxylic acids is 1. The smallest absolute Gasteiger partial charge is 0.255 e. The molecule has 150 valence electrons. The molecule has 0 saturated carbocycles. The maximum atomic E-state index is 12.5. The van der Waals surface area contributed by atoms with Crippen molar-refractivity contribution in [2.45, 2.75) is 24.3 Å². The van der Waals surface area contributed by atoms with E-state index in [-0.39, 0.29) is 10.8 Å². The van der Waals surface area contributed by atoms with E-state index >= 15 is 0 Å². The molecule has 29 heavy (non-hydrogen) atoms. The molecule has 0 aliphatic carbocycles. The number of sulfonamides is 1. The van der Waals surface area contributed by atoms with E-state index in [1.165, 1.54) is 38.4 Å². The van der Waals surface area contributed by atoms with Gasteiger partial charge in [-0.2, -0.15) is 0 Å². The molecule has 0 unspecified atom stereocenters. The summed E-state index contributed by atoms with van der Waals surface area (Å²) in [6, 6.07) is 13.5. The molecular weight excluding hydrogens is 388 g/mol. The number of anilines is 1. The number of nitrogens with one attached hydrogen (secondary N) is 1. The van der Waals surface area contributed by atoms with Crippen LogP contribution in [0.3, 0.4) is 0 Å². The zero-order chi connectivity index (χ0) is 20.6. The van der Waals surface area contributed by atoms with E-state index in [9.17, 15) is 13.2 Å². The van der Waals surface area contributed by atoms with Crippen molar-refractivity contribution in [3.63, 3.8) is 0 Å². The summed E-state index contributed by atoms with van der Waals surface area (Å²) in [6.45, 7) is 0.989. The topological polar surface area (TPSA) is 84.3 Å². The maximum Gasteiger partial charge on any atom is 0.255 e. The minimum atomic E-state index is -3.51. The highest BCUT2D eigenvalue weighted by atomic mass is 32.2. The number of benzene rings is 2. The van der Waals surface area contributed by atoms with Crippen molar-refractivity contribution >= 4 is 21.6 Å². The molecule has 0 saturated heterocycles. The molecule has 0 atom stereocenters. The van der Waals surface area contributed by atoms with Crippen molar-refractivity contribution in [3.8, 4) is 11.3 Å². The van der Waals surface area contributed by atoms with Gasteiger partial charge in [0.25, 0.3) is 5.91 Å². The summed E-state index contributed by atoms with van der Waals surface area (Å²) < 4.78 is 27.6. The molecule has 1 N–H and O–H groups in total. The number of carbonyl (C=O) groups is 1. The Bertz CT molecular complexity index is 1150. The molecule has 0 bridgehead atoms. The predicted molar refractivity (Wildman–Crippen MR) is 111 cm³/mol. The van der Waals surface area contributed by atoms with E-state index in [0.29, 0.717) is 11.3 Å². The summed E-state index contributed by atoms with van der Waals surface area (Å²) in [5, 5.41) is 2.84. The van der Waals surface area contributed by atoms with E-state index in [1.54, 1.807) is 0 Å². The van der Waals surface area contributed by atoms with Crippen molar-refractivity contribution in [3.05, 3.63) is 66.1 Å². The van der Waals surface area contributed by atoms with Crippen LogP contribution in [0.25, 0.3) is 11.3 Å². The van der Waals surface area contributed by atoms with E-state index in [1.807, 2.05) is 30.5 Å². The Balaban J connectivity index is 1.47. The van der Waals surface area contributed by atoms with Crippen LogP contribution in [-0.4, -0.2) is 42.3 Å². The van der Waals surface area contributed by atoms with Gasteiger partial charge in [-0.15, -0.1) is 0 Å². The van der Waals surface area contributed by atoms with Crippen molar-refractivity contribution in [2.24, 2.45) is 0 Å². The fourth-order valence-electron chi connectivity index (χ4n) is 3.41. The van der Waals surface area contributed by atoms with Gasteiger partial charge in [-0.3, -0.25) is 4.79 Å². The van der Waals surface area contributed by atoms with Gasteiger partial charge in [-0.05, 0) is 48.4 Å². The molecule has 2 aromatic carbocycles. The van der Waals surface area contributed by atoms with Crippen LogP contribution in [0, 0.1) is 0 Å². The van der Waals surface area contributed by atoms with Gasteiger partial charge in [0.05, 0.1) is 16.8 Å². The Kier molecular flexibility index (Phi) is 4.97. The Morgan fingerprint density at radius 2 is 1.76 bits per heavy atom. The molecule has 2 heterocycles. The number of hydrogen-bond acceptors (Lipinski definition) is 4. The van der Waals surface area contributed by atoms with Gasteiger partial charge in [-0.1, -0.05) is 12.1 Å². The van der Waals surface area contributed by atoms with Crippen LogP contribution in [0.5, 0.6) is 0 Å². The van der Waals surface area contributed by atoms with E-state index in [2.05, 4.69) is 14.9 Å². The summed E-state index contributed by atoms with van der Waals surface area (Å²) in [6.07, 6.45) is 4.03. The van der Waals surface area contributed by atoms with Gasteiger partial charge >= 0.3 is 0 Å². The normalized spacial score (nSPS) is 13.5. The molecule has 1 aliphatic heterocycles. The number of fused-ring (bicyclic) bond motifs is 1. The monoisotopic (exact) mass is 410 g/mol. The third-order valence-electron chi connectivity index (χ3n) is 5.05. The number of hydrogen-bond donors (Lipinski definition) is 1. The van der Waals surface area contributed by atoms with Crippen LogP contribution in [-0.2, 0) is 23.0 Å². The first kappa shape index (κ1) is 19.4. The maximum absolute atomic E-state index is 12.5. The van der Waals surface area contributed by atoms with E-state index in [0.717, 1.165) is 40.8 Å². The summed E-state index contributed by atoms with van der Waals surface area (Å²) >= 11 is 0. The molecule has 0 fully saturated rings. The first-order valence-corrected chi connectivity index (χ1v) is 10.8. The van der Waals surface area contributed by atoms with Crippen LogP contribution in [0.2, 0.25) is 0 Å². The van der Waals surface area contributed by atoms with Gasteiger partial charge in [0.2, 0.25) is 10.0 Å². The Morgan fingerprint density at radius 3 is 2.41 bits per heavy atom. The van der Waals surface area contributed by atoms with Crippen LogP contribution >= 0.6 is 0 Å². The lowest BCUT2D eigenvalue weighted by atomic mass is 10.1. The van der Waals surface area contributed by atoms with Crippen LogP contribution in [0.1, 0.15) is 22.6 Å². The van der Waals surface area contributed by atoms with Gasteiger partial charge in [-0.25, -0.2) is 17.7 Å². The quantitative estimate of drug-likeness (QED) is 0.701. The zero-order valence-electron chi connectivity index (χ0n) is 16.3. The standard InChI is InChI=1S/C21H22N4O3S/c1-24(2)29(27,28)18-11-7-16(8-12-18)21(26)23-17-9-5-15(6-10-17)19-14-22-20-4-3-13-25(19)20/h5-12,14H,3-4,13H2,1-2H3,(H,23,26). The molecule has 0 spiro atoms. The largest absolute Gasteiger partial charge is 0.328 e. The predicted octanol–water partition coefficient (Wildman–Crippen LogP) is 3.00. The van der Waals surface area contributed by atoms with Crippen LogP contribution in [0.4, 0.5) is 5.69 Å². The average molecular weight is 410 g/mol. The highest BCUT2D eigenvalue weighted by Gasteiger charge is 2.18. The summed E-state index contributed by atoms with van der Waals surface area (Å²) in [4.78, 5) is 17.1. The Morgan fingerprint density at radius 1 is 1.07 bits per heavy atom. The fourth-order valence-corrected chi connectivity index (χ4v) is 4.31. The number of amides is 1. The summed E-state index contributed by atoms with van der Waals surface area (Å²) in [5.41, 5.74) is 3.21. The third-order valence-corrected chi connectivity index (χ3v) is 6.88. The molecule has 0 radical (unpaired) electrons. The van der Waals surface area contributed by atoms with E-state index in [4.69, 9.17) is 0 Å². The first-order chi connectivity index (χ1) is 13.9. The summed E-state index contributed by atoms with van der Waals surface area (Å²) in [5.74, 6) is 0.828. The van der Waals surface area contributed by atoms with Crippen molar-refractivity contribution in [1.82, 2.24) is 13.9 Å². The fraction of sp³-hybridized carbons (Fsp3) is 0.238. The minimum absolute atomic E-state index is 0.150. The minimum Gasteiger partial charge on any atom is -0.328 e. The number of imidazole rings is 1.